The van der Waals surface area contributed by atoms with E-state index < -0.39 is 11.7 Å². The van der Waals surface area contributed by atoms with Crippen molar-refractivity contribution in [3.63, 3.8) is 0 Å². The lowest BCUT2D eigenvalue weighted by Gasteiger charge is -2.18. The van der Waals surface area contributed by atoms with Crippen LogP contribution in [-0.4, -0.2) is 27.5 Å². The molecule has 1 unspecified atom stereocenters. The van der Waals surface area contributed by atoms with Crippen LogP contribution in [0.5, 0.6) is 0 Å². The van der Waals surface area contributed by atoms with Gasteiger partial charge in [0, 0.05) is 31.0 Å². The number of amides is 1. The van der Waals surface area contributed by atoms with Gasteiger partial charge in [-0.15, -0.1) is 0 Å². The van der Waals surface area contributed by atoms with Crippen molar-refractivity contribution >= 4 is 5.91 Å². The Labute approximate surface area is 184 Å². The molecule has 0 N–H and O–H groups in total. The second kappa shape index (κ2) is 8.07. The lowest BCUT2D eigenvalue weighted by atomic mass is 9.87. The number of nitrogens with zero attached hydrogens (tertiary/aromatic N) is 3. The van der Waals surface area contributed by atoms with Crippen LogP contribution in [0.4, 0.5) is 13.2 Å². The maximum absolute atomic E-state index is 13.0. The Morgan fingerprint density at radius 3 is 2.44 bits per heavy atom. The summed E-state index contributed by atoms with van der Waals surface area (Å²) in [6.07, 6.45) is -4.22. The molecule has 5 nitrogen and oxygen atoms in total. The van der Waals surface area contributed by atoms with Gasteiger partial charge in [-0.1, -0.05) is 50.2 Å². The second-order valence-electron chi connectivity index (χ2n) is 9.16. The predicted octanol–water partition coefficient (Wildman–Crippen LogP) is 5.57. The summed E-state index contributed by atoms with van der Waals surface area (Å²) < 4.78 is 44.3. The molecule has 1 saturated heterocycles. The molecule has 0 aliphatic carbocycles. The third kappa shape index (κ3) is 4.69. The Hall–Kier alpha value is -3.16. The molecule has 4 rings (SSSR count). The Morgan fingerprint density at radius 2 is 1.78 bits per heavy atom. The molecule has 1 aliphatic heterocycles. The molecule has 1 fully saturated rings. The summed E-state index contributed by atoms with van der Waals surface area (Å²) in [4.78, 5) is 18.5. The number of halogens is 3. The van der Waals surface area contributed by atoms with Crippen LogP contribution in [0.15, 0.2) is 53.1 Å². The molecule has 2 heterocycles. The smallest absolute Gasteiger partial charge is 0.338 e. The number of likely N-dealkylation sites (tertiary alicyclic amines) is 1. The fraction of sp³-hybridized carbons (Fsp3) is 0.375. The monoisotopic (exact) mass is 443 g/mol. The van der Waals surface area contributed by atoms with Gasteiger partial charge in [0.15, 0.2) is 5.82 Å². The SMILES string of the molecule is CC(C)(C)c1ccc(-c2nc(C3CC(=O)N(Cc4cccc(C(F)(F)F)c4)C3)no2)cc1. The van der Waals surface area contributed by atoms with Crippen molar-refractivity contribution in [3.8, 4) is 11.5 Å². The van der Waals surface area contributed by atoms with E-state index in [-0.39, 0.29) is 30.2 Å². The topological polar surface area (TPSA) is 59.2 Å². The van der Waals surface area contributed by atoms with Crippen molar-refractivity contribution in [1.82, 2.24) is 15.0 Å². The van der Waals surface area contributed by atoms with E-state index in [0.717, 1.165) is 17.7 Å². The minimum Gasteiger partial charge on any atom is -0.338 e. The van der Waals surface area contributed by atoms with Crippen LogP contribution in [0, 0.1) is 0 Å². The Morgan fingerprint density at radius 1 is 1.06 bits per heavy atom. The van der Waals surface area contributed by atoms with Crippen molar-refractivity contribution in [1.29, 1.82) is 0 Å². The highest BCUT2D eigenvalue weighted by atomic mass is 19.4. The maximum atomic E-state index is 13.0. The van der Waals surface area contributed by atoms with E-state index in [9.17, 15) is 18.0 Å². The van der Waals surface area contributed by atoms with Gasteiger partial charge in [-0.3, -0.25) is 4.79 Å². The standard InChI is InChI=1S/C24H24F3N3O2/c1-23(2,3)18-9-7-16(8-10-18)22-28-21(29-32-22)17-12-20(31)30(14-17)13-15-5-4-6-19(11-15)24(25,26)27/h4-11,17H,12-14H2,1-3H3. The molecular formula is C24H24F3N3O2. The van der Waals surface area contributed by atoms with Crippen molar-refractivity contribution in [3.05, 3.63) is 71.0 Å². The van der Waals surface area contributed by atoms with Crippen LogP contribution in [0.25, 0.3) is 11.5 Å². The maximum Gasteiger partial charge on any atom is 0.416 e. The first-order valence-corrected chi connectivity index (χ1v) is 10.4. The van der Waals surface area contributed by atoms with E-state index in [1.54, 1.807) is 6.07 Å². The number of hydrogen-bond donors (Lipinski definition) is 0. The van der Waals surface area contributed by atoms with E-state index in [4.69, 9.17) is 4.52 Å². The highest BCUT2D eigenvalue weighted by Gasteiger charge is 2.35. The summed E-state index contributed by atoms with van der Waals surface area (Å²) in [6.45, 7) is 6.84. The third-order valence-electron chi connectivity index (χ3n) is 5.65. The van der Waals surface area contributed by atoms with Crippen molar-refractivity contribution in [2.75, 3.05) is 6.54 Å². The van der Waals surface area contributed by atoms with Gasteiger partial charge < -0.3 is 9.42 Å². The van der Waals surface area contributed by atoms with Crippen LogP contribution in [0.2, 0.25) is 0 Å². The number of benzene rings is 2. The number of carbonyl (C=O) groups excluding carboxylic acids is 1. The van der Waals surface area contributed by atoms with Gasteiger partial charge in [0.1, 0.15) is 0 Å². The normalized spacial score (nSPS) is 17.2. The van der Waals surface area contributed by atoms with Gasteiger partial charge in [0.2, 0.25) is 5.91 Å². The van der Waals surface area contributed by atoms with Gasteiger partial charge in [0.05, 0.1) is 5.56 Å². The van der Waals surface area contributed by atoms with E-state index in [1.165, 1.54) is 16.5 Å². The Balaban J connectivity index is 1.45. The number of aromatic nitrogens is 2. The molecule has 32 heavy (non-hydrogen) atoms. The summed E-state index contributed by atoms with van der Waals surface area (Å²) >= 11 is 0. The summed E-state index contributed by atoms with van der Waals surface area (Å²) in [5, 5.41) is 4.05. The van der Waals surface area contributed by atoms with Crippen LogP contribution in [-0.2, 0) is 22.9 Å². The van der Waals surface area contributed by atoms with Crippen LogP contribution < -0.4 is 0 Å². The minimum absolute atomic E-state index is 0.0335. The quantitative estimate of drug-likeness (QED) is 0.529. The van der Waals surface area contributed by atoms with Crippen molar-refractivity contribution in [2.24, 2.45) is 0 Å². The summed E-state index contributed by atoms with van der Waals surface area (Å²) in [5.41, 5.74) is 1.72. The zero-order chi connectivity index (χ0) is 23.1. The number of alkyl halides is 3. The first-order chi connectivity index (χ1) is 15.0. The van der Waals surface area contributed by atoms with Gasteiger partial charge >= 0.3 is 6.18 Å². The van der Waals surface area contributed by atoms with Gasteiger partial charge in [-0.05, 0) is 40.8 Å². The molecule has 1 amide bonds. The number of rotatable bonds is 4. The number of carbonyl (C=O) groups is 1. The average Bonchev–Trinajstić information content (AvgIpc) is 3.34. The Bertz CT molecular complexity index is 1110. The molecule has 0 saturated carbocycles. The largest absolute Gasteiger partial charge is 0.416 e. The molecule has 1 aromatic heterocycles. The Kier molecular flexibility index (Phi) is 5.56. The summed E-state index contributed by atoms with van der Waals surface area (Å²) in [5.74, 6) is 0.400. The fourth-order valence-corrected chi connectivity index (χ4v) is 3.80. The zero-order valence-electron chi connectivity index (χ0n) is 18.1. The second-order valence-corrected chi connectivity index (χ2v) is 9.16. The van der Waals surface area contributed by atoms with E-state index in [1.807, 2.05) is 24.3 Å². The summed E-state index contributed by atoms with van der Waals surface area (Å²) in [7, 11) is 0. The van der Waals surface area contributed by atoms with Gasteiger partial charge in [-0.2, -0.15) is 18.2 Å². The van der Waals surface area contributed by atoms with Crippen LogP contribution >= 0.6 is 0 Å². The van der Waals surface area contributed by atoms with E-state index in [0.29, 0.717) is 23.8 Å². The molecule has 1 atom stereocenters. The minimum atomic E-state index is -4.42. The molecule has 2 aromatic carbocycles. The first-order valence-electron chi connectivity index (χ1n) is 10.4. The van der Waals surface area contributed by atoms with Gasteiger partial charge in [0.25, 0.3) is 5.89 Å². The molecule has 8 heteroatoms. The van der Waals surface area contributed by atoms with E-state index >= 15 is 0 Å². The van der Waals surface area contributed by atoms with Crippen LogP contribution in [0.1, 0.15) is 55.6 Å². The molecular weight excluding hydrogens is 419 g/mol. The highest BCUT2D eigenvalue weighted by Crippen LogP contribution is 2.32. The zero-order valence-corrected chi connectivity index (χ0v) is 18.1. The number of hydrogen-bond acceptors (Lipinski definition) is 4. The predicted molar refractivity (Wildman–Crippen MR) is 113 cm³/mol. The fourth-order valence-electron chi connectivity index (χ4n) is 3.80. The van der Waals surface area contributed by atoms with E-state index in [2.05, 4.69) is 30.9 Å². The molecule has 0 radical (unpaired) electrons. The lowest BCUT2D eigenvalue weighted by Crippen LogP contribution is -2.24. The average molecular weight is 443 g/mol. The third-order valence-corrected chi connectivity index (χ3v) is 5.65. The van der Waals surface area contributed by atoms with Crippen molar-refractivity contribution < 1.29 is 22.5 Å². The molecule has 3 aromatic rings. The molecule has 0 spiro atoms. The highest BCUT2D eigenvalue weighted by molar-refractivity contribution is 5.79. The molecule has 1 aliphatic rings. The first kappa shape index (κ1) is 22.0. The lowest BCUT2D eigenvalue weighted by molar-refractivity contribution is -0.137. The molecule has 0 bridgehead atoms. The van der Waals surface area contributed by atoms with Gasteiger partial charge in [-0.25, -0.2) is 0 Å². The summed E-state index contributed by atoms with van der Waals surface area (Å²) in [6, 6.07) is 12.9. The molecule has 168 valence electrons. The van der Waals surface area contributed by atoms with Crippen LogP contribution in [0.3, 0.4) is 0 Å². The van der Waals surface area contributed by atoms with Crippen molar-refractivity contribution in [2.45, 2.75) is 51.2 Å².